The Labute approximate surface area is 135 Å². The zero-order valence-electron chi connectivity index (χ0n) is 13.5. The summed E-state index contributed by atoms with van der Waals surface area (Å²) in [6, 6.07) is 13.3. The Morgan fingerprint density at radius 1 is 1.17 bits per heavy atom. The molecule has 0 radical (unpaired) electrons. The number of carbonyl (C=O) groups excluding carboxylic acids is 1. The molecular weight excluding hydrogens is 292 g/mol. The van der Waals surface area contributed by atoms with E-state index in [-0.39, 0.29) is 12.1 Å². The second-order valence-electron chi connectivity index (χ2n) is 5.35. The van der Waals surface area contributed by atoms with Crippen LogP contribution in [0.4, 0.5) is 5.69 Å². The van der Waals surface area contributed by atoms with Crippen LogP contribution in [0.25, 0.3) is 0 Å². The molecule has 1 aliphatic heterocycles. The van der Waals surface area contributed by atoms with Crippen LogP contribution in [0.15, 0.2) is 42.5 Å². The zero-order chi connectivity index (χ0) is 16.4. The predicted molar refractivity (Wildman–Crippen MR) is 89.2 cm³/mol. The minimum atomic E-state index is -0.248. The SMILES string of the molecule is CCOc1cc([C@@H]2NC(=O)c3ccccc3N2C)ccc1OC. The Balaban J connectivity index is 1.99. The number of ether oxygens (including phenoxy) is 2. The fourth-order valence-electron chi connectivity index (χ4n) is 2.85. The summed E-state index contributed by atoms with van der Waals surface area (Å²) in [5.74, 6) is 1.28. The van der Waals surface area contributed by atoms with Crippen LogP contribution in [0.5, 0.6) is 11.5 Å². The lowest BCUT2D eigenvalue weighted by Crippen LogP contribution is -2.44. The number of anilines is 1. The maximum Gasteiger partial charge on any atom is 0.255 e. The van der Waals surface area contributed by atoms with Crippen LogP contribution in [0.3, 0.4) is 0 Å². The summed E-state index contributed by atoms with van der Waals surface area (Å²) < 4.78 is 11.0. The Bertz CT molecular complexity index is 730. The molecule has 0 spiro atoms. The minimum Gasteiger partial charge on any atom is -0.493 e. The summed E-state index contributed by atoms with van der Waals surface area (Å²) >= 11 is 0. The van der Waals surface area contributed by atoms with Crippen molar-refractivity contribution in [1.29, 1.82) is 0 Å². The van der Waals surface area contributed by atoms with Gasteiger partial charge in [-0.2, -0.15) is 0 Å². The summed E-state index contributed by atoms with van der Waals surface area (Å²) in [6.45, 7) is 2.48. The molecule has 0 saturated heterocycles. The van der Waals surface area contributed by atoms with E-state index in [1.165, 1.54) is 0 Å². The van der Waals surface area contributed by atoms with Crippen molar-refractivity contribution in [2.24, 2.45) is 0 Å². The molecule has 1 heterocycles. The van der Waals surface area contributed by atoms with Crippen LogP contribution in [0.2, 0.25) is 0 Å². The molecule has 5 heteroatoms. The molecule has 23 heavy (non-hydrogen) atoms. The maximum atomic E-state index is 12.4. The highest BCUT2D eigenvalue weighted by atomic mass is 16.5. The number of amides is 1. The number of nitrogens with one attached hydrogen (secondary N) is 1. The van der Waals surface area contributed by atoms with Gasteiger partial charge in [0.05, 0.1) is 25.0 Å². The molecule has 0 unspecified atom stereocenters. The lowest BCUT2D eigenvalue weighted by atomic mass is 10.0. The van der Waals surface area contributed by atoms with Crippen LogP contribution in [-0.2, 0) is 0 Å². The number of nitrogens with zero attached hydrogens (tertiary/aromatic N) is 1. The van der Waals surface area contributed by atoms with Crippen LogP contribution < -0.4 is 19.7 Å². The van der Waals surface area contributed by atoms with Crippen molar-refractivity contribution in [3.63, 3.8) is 0 Å². The van der Waals surface area contributed by atoms with Gasteiger partial charge < -0.3 is 19.7 Å². The number of carbonyl (C=O) groups is 1. The first kappa shape index (κ1) is 15.2. The van der Waals surface area contributed by atoms with Gasteiger partial charge in [0.15, 0.2) is 11.5 Å². The molecule has 1 aliphatic rings. The van der Waals surface area contributed by atoms with E-state index in [9.17, 15) is 4.79 Å². The van der Waals surface area contributed by atoms with E-state index in [1.54, 1.807) is 7.11 Å². The highest BCUT2D eigenvalue weighted by Crippen LogP contribution is 2.35. The smallest absolute Gasteiger partial charge is 0.255 e. The van der Waals surface area contributed by atoms with Crippen molar-refractivity contribution < 1.29 is 14.3 Å². The van der Waals surface area contributed by atoms with E-state index in [4.69, 9.17) is 9.47 Å². The van der Waals surface area contributed by atoms with E-state index in [1.807, 2.05) is 61.3 Å². The number of fused-ring (bicyclic) bond motifs is 1. The fraction of sp³-hybridized carbons (Fsp3) is 0.278. The van der Waals surface area contributed by atoms with Crippen LogP contribution in [0, 0.1) is 0 Å². The Kier molecular flexibility index (Phi) is 4.10. The normalized spacial score (nSPS) is 16.6. The standard InChI is InChI=1S/C18H20N2O3/c1-4-23-16-11-12(9-10-15(16)22-3)17-19-18(21)13-7-5-6-8-14(13)20(17)2/h5-11,17H,4H2,1-3H3,(H,19,21)/t17-/m1/s1. The van der Waals surface area contributed by atoms with Gasteiger partial charge in [0.2, 0.25) is 0 Å². The molecule has 0 fully saturated rings. The predicted octanol–water partition coefficient (Wildman–Crippen LogP) is 2.97. The number of para-hydroxylation sites is 1. The quantitative estimate of drug-likeness (QED) is 0.943. The number of benzene rings is 2. The van der Waals surface area contributed by atoms with E-state index >= 15 is 0 Å². The fourth-order valence-corrected chi connectivity index (χ4v) is 2.85. The van der Waals surface area contributed by atoms with Crippen molar-refractivity contribution >= 4 is 11.6 Å². The summed E-state index contributed by atoms with van der Waals surface area (Å²) in [6.07, 6.45) is -0.248. The minimum absolute atomic E-state index is 0.0718. The second kappa shape index (κ2) is 6.20. The van der Waals surface area contributed by atoms with E-state index in [0.29, 0.717) is 23.7 Å². The summed E-state index contributed by atoms with van der Waals surface area (Å²) in [5, 5.41) is 3.04. The average molecular weight is 312 g/mol. The number of methoxy groups -OCH3 is 1. The van der Waals surface area contributed by atoms with Crippen molar-refractivity contribution in [1.82, 2.24) is 5.32 Å². The van der Waals surface area contributed by atoms with Gasteiger partial charge in [0.1, 0.15) is 6.17 Å². The van der Waals surface area contributed by atoms with Gasteiger partial charge >= 0.3 is 0 Å². The highest BCUT2D eigenvalue weighted by Gasteiger charge is 2.29. The van der Waals surface area contributed by atoms with Crippen molar-refractivity contribution in [3.05, 3.63) is 53.6 Å². The van der Waals surface area contributed by atoms with Gasteiger partial charge in [-0.15, -0.1) is 0 Å². The molecule has 3 rings (SSSR count). The summed E-state index contributed by atoms with van der Waals surface area (Å²) in [5.41, 5.74) is 2.54. The molecule has 0 saturated carbocycles. The van der Waals surface area contributed by atoms with E-state index < -0.39 is 0 Å². The first-order chi connectivity index (χ1) is 11.2. The molecule has 1 atom stereocenters. The monoisotopic (exact) mass is 312 g/mol. The first-order valence-electron chi connectivity index (χ1n) is 7.59. The molecular formula is C18H20N2O3. The van der Waals surface area contributed by atoms with Gasteiger partial charge in [-0.05, 0) is 36.8 Å². The molecule has 0 bridgehead atoms. The number of hydrogen-bond donors (Lipinski definition) is 1. The van der Waals surface area contributed by atoms with Crippen LogP contribution in [-0.4, -0.2) is 26.7 Å². The average Bonchev–Trinajstić information content (AvgIpc) is 2.58. The molecule has 2 aromatic rings. The van der Waals surface area contributed by atoms with Gasteiger partial charge in [0, 0.05) is 7.05 Å². The summed E-state index contributed by atoms with van der Waals surface area (Å²) in [4.78, 5) is 14.4. The number of hydrogen-bond acceptors (Lipinski definition) is 4. The summed E-state index contributed by atoms with van der Waals surface area (Å²) in [7, 11) is 3.58. The van der Waals surface area contributed by atoms with Gasteiger partial charge in [0.25, 0.3) is 5.91 Å². The number of rotatable bonds is 4. The van der Waals surface area contributed by atoms with Crippen molar-refractivity contribution in [2.45, 2.75) is 13.1 Å². The van der Waals surface area contributed by atoms with Crippen LogP contribution >= 0.6 is 0 Å². The molecule has 0 aromatic heterocycles. The Morgan fingerprint density at radius 3 is 2.70 bits per heavy atom. The third-order valence-corrected chi connectivity index (χ3v) is 3.99. The van der Waals surface area contributed by atoms with Gasteiger partial charge in [-0.25, -0.2) is 0 Å². The Morgan fingerprint density at radius 2 is 1.96 bits per heavy atom. The molecule has 1 N–H and O–H groups in total. The van der Waals surface area contributed by atoms with E-state index in [2.05, 4.69) is 5.32 Å². The molecule has 1 amide bonds. The lowest BCUT2D eigenvalue weighted by molar-refractivity contribution is 0.0928. The molecule has 5 nitrogen and oxygen atoms in total. The maximum absolute atomic E-state index is 12.4. The second-order valence-corrected chi connectivity index (χ2v) is 5.35. The lowest BCUT2D eigenvalue weighted by Gasteiger charge is -2.36. The molecule has 0 aliphatic carbocycles. The Hall–Kier alpha value is -2.69. The van der Waals surface area contributed by atoms with Gasteiger partial charge in [-0.1, -0.05) is 18.2 Å². The highest BCUT2D eigenvalue weighted by molar-refractivity contribution is 6.02. The van der Waals surface area contributed by atoms with Gasteiger partial charge in [-0.3, -0.25) is 4.79 Å². The zero-order valence-corrected chi connectivity index (χ0v) is 13.5. The third-order valence-electron chi connectivity index (χ3n) is 3.99. The largest absolute Gasteiger partial charge is 0.493 e. The van der Waals surface area contributed by atoms with Crippen molar-refractivity contribution in [2.75, 3.05) is 25.7 Å². The van der Waals surface area contributed by atoms with Crippen LogP contribution in [0.1, 0.15) is 29.0 Å². The van der Waals surface area contributed by atoms with Crippen molar-refractivity contribution in [3.8, 4) is 11.5 Å². The first-order valence-corrected chi connectivity index (χ1v) is 7.59. The topological polar surface area (TPSA) is 50.8 Å². The molecule has 2 aromatic carbocycles. The third kappa shape index (κ3) is 2.70. The van der Waals surface area contributed by atoms with E-state index in [0.717, 1.165) is 11.3 Å². The molecule has 120 valence electrons.